The molecule has 2 aromatic rings. The molecule has 0 unspecified atom stereocenters. The normalized spacial score (nSPS) is 10.9. The van der Waals surface area contributed by atoms with Crippen LogP contribution in [-0.4, -0.2) is 21.9 Å². The first-order valence-corrected chi connectivity index (χ1v) is 5.09. The molecule has 6 heteroatoms. The van der Waals surface area contributed by atoms with Crippen LogP contribution in [0.4, 0.5) is 0 Å². The van der Waals surface area contributed by atoms with E-state index in [1.807, 2.05) is 13.0 Å². The van der Waals surface area contributed by atoms with Crippen LogP contribution >= 0.6 is 0 Å². The molecule has 0 atom stereocenters. The van der Waals surface area contributed by atoms with Gasteiger partial charge in [-0.1, -0.05) is 0 Å². The molecule has 0 bridgehead atoms. The maximum atomic E-state index is 11.5. The Hall–Kier alpha value is -2.37. The van der Waals surface area contributed by atoms with Crippen LogP contribution in [0, 0.1) is 6.92 Å². The van der Waals surface area contributed by atoms with Crippen molar-refractivity contribution in [1.82, 2.24) is 15.2 Å². The smallest absolute Gasteiger partial charge is 0.261 e. The van der Waals surface area contributed by atoms with Crippen LogP contribution in [0.2, 0.25) is 0 Å². The molecule has 6 nitrogen and oxygen atoms in total. The van der Waals surface area contributed by atoms with Crippen molar-refractivity contribution < 1.29 is 9.21 Å². The third-order valence-corrected chi connectivity index (χ3v) is 2.15. The minimum Gasteiger partial charge on any atom is -0.463 e. The summed E-state index contributed by atoms with van der Waals surface area (Å²) in [5.74, 6) is 0.347. The van der Waals surface area contributed by atoms with Crippen LogP contribution in [0.3, 0.4) is 0 Å². The highest BCUT2D eigenvalue weighted by Crippen LogP contribution is 1.96. The molecule has 0 saturated heterocycles. The van der Waals surface area contributed by atoms with Gasteiger partial charge in [-0.15, -0.1) is 0 Å². The summed E-state index contributed by atoms with van der Waals surface area (Å²) in [5, 5.41) is 7.76. The highest BCUT2D eigenvalue weighted by molar-refractivity contribution is 5.80. The van der Waals surface area contributed by atoms with Gasteiger partial charge in [-0.3, -0.25) is 9.48 Å². The van der Waals surface area contributed by atoms with E-state index in [1.54, 1.807) is 23.0 Å². The third kappa shape index (κ3) is 3.04. The Labute approximate surface area is 97.9 Å². The van der Waals surface area contributed by atoms with Gasteiger partial charge < -0.3 is 4.42 Å². The number of carbonyl (C=O) groups excluding carboxylic acids is 1. The van der Waals surface area contributed by atoms with E-state index in [1.165, 1.54) is 12.5 Å². The van der Waals surface area contributed by atoms with Gasteiger partial charge in [0, 0.05) is 11.9 Å². The monoisotopic (exact) mass is 232 g/mol. The van der Waals surface area contributed by atoms with Crippen LogP contribution in [0.1, 0.15) is 11.5 Å². The first kappa shape index (κ1) is 11.1. The van der Waals surface area contributed by atoms with E-state index in [-0.39, 0.29) is 12.5 Å². The number of hydrogen-bond donors (Lipinski definition) is 1. The van der Waals surface area contributed by atoms with E-state index in [9.17, 15) is 4.79 Å². The van der Waals surface area contributed by atoms with Crippen LogP contribution in [0.5, 0.6) is 0 Å². The summed E-state index contributed by atoms with van der Waals surface area (Å²) in [6.07, 6.45) is 4.62. The van der Waals surface area contributed by atoms with Crippen LogP contribution < -0.4 is 5.43 Å². The SMILES string of the molecule is Cc1ccnn1CC(=O)NN=Cc1ccco1. The molecule has 2 rings (SSSR count). The average molecular weight is 232 g/mol. The van der Waals surface area contributed by atoms with Crippen molar-refractivity contribution in [1.29, 1.82) is 0 Å². The van der Waals surface area contributed by atoms with Gasteiger partial charge in [0.1, 0.15) is 12.3 Å². The summed E-state index contributed by atoms with van der Waals surface area (Å²) in [6, 6.07) is 5.32. The largest absolute Gasteiger partial charge is 0.463 e. The Morgan fingerprint density at radius 3 is 3.18 bits per heavy atom. The topological polar surface area (TPSA) is 72.4 Å². The van der Waals surface area contributed by atoms with Gasteiger partial charge in [0.25, 0.3) is 5.91 Å². The predicted octanol–water partition coefficient (Wildman–Crippen LogP) is 0.935. The van der Waals surface area contributed by atoms with Crippen molar-refractivity contribution in [2.24, 2.45) is 5.10 Å². The molecule has 2 heterocycles. The Bertz CT molecular complexity index is 513. The summed E-state index contributed by atoms with van der Waals surface area (Å²) in [5.41, 5.74) is 3.32. The summed E-state index contributed by atoms with van der Waals surface area (Å²) < 4.78 is 6.62. The van der Waals surface area contributed by atoms with Crippen molar-refractivity contribution in [3.8, 4) is 0 Å². The molecule has 0 aliphatic heterocycles. The number of aromatic nitrogens is 2. The van der Waals surface area contributed by atoms with Gasteiger partial charge in [0.05, 0.1) is 12.5 Å². The fourth-order valence-corrected chi connectivity index (χ4v) is 1.27. The molecule has 0 aliphatic carbocycles. The molecule has 0 saturated carbocycles. The molecule has 0 fully saturated rings. The molecule has 17 heavy (non-hydrogen) atoms. The Morgan fingerprint density at radius 2 is 2.53 bits per heavy atom. The second kappa shape index (κ2) is 5.11. The van der Waals surface area contributed by atoms with Crippen LogP contribution in [0.15, 0.2) is 40.2 Å². The fourth-order valence-electron chi connectivity index (χ4n) is 1.27. The molecule has 2 aromatic heterocycles. The van der Waals surface area contributed by atoms with Gasteiger partial charge in [0.15, 0.2) is 0 Å². The second-order valence-corrected chi connectivity index (χ2v) is 3.44. The Balaban J connectivity index is 1.84. The minimum absolute atomic E-state index is 0.147. The number of nitrogens with one attached hydrogen (secondary N) is 1. The molecular weight excluding hydrogens is 220 g/mol. The first-order valence-electron chi connectivity index (χ1n) is 5.09. The van der Waals surface area contributed by atoms with Gasteiger partial charge in [-0.05, 0) is 25.1 Å². The van der Waals surface area contributed by atoms with Crippen molar-refractivity contribution in [2.45, 2.75) is 13.5 Å². The summed E-state index contributed by atoms with van der Waals surface area (Å²) in [7, 11) is 0. The lowest BCUT2D eigenvalue weighted by Crippen LogP contribution is -2.24. The number of aryl methyl sites for hydroxylation is 1. The van der Waals surface area contributed by atoms with Crippen molar-refractivity contribution >= 4 is 12.1 Å². The summed E-state index contributed by atoms with van der Waals surface area (Å²) >= 11 is 0. The molecule has 0 spiro atoms. The number of nitrogens with zero attached hydrogens (tertiary/aromatic N) is 3. The lowest BCUT2D eigenvalue weighted by molar-refractivity contribution is -0.121. The highest BCUT2D eigenvalue weighted by Gasteiger charge is 2.03. The molecule has 1 amide bonds. The summed E-state index contributed by atoms with van der Waals surface area (Å²) in [4.78, 5) is 11.5. The molecule has 0 aliphatic rings. The summed E-state index contributed by atoms with van der Waals surface area (Å²) in [6.45, 7) is 2.03. The predicted molar refractivity (Wildman–Crippen MR) is 61.4 cm³/mol. The van der Waals surface area contributed by atoms with E-state index in [0.29, 0.717) is 5.76 Å². The maximum Gasteiger partial charge on any atom is 0.261 e. The molecule has 0 aromatic carbocycles. The van der Waals surface area contributed by atoms with Crippen molar-refractivity contribution in [3.63, 3.8) is 0 Å². The van der Waals surface area contributed by atoms with Gasteiger partial charge in [-0.25, -0.2) is 5.43 Å². The minimum atomic E-state index is -0.236. The lowest BCUT2D eigenvalue weighted by atomic mass is 10.5. The zero-order valence-corrected chi connectivity index (χ0v) is 9.33. The average Bonchev–Trinajstić information content (AvgIpc) is 2.92. The number of amides is 1. The zero-order chi connectivity index (χ0) is 12.1. The van der Waals surface area contributed by atoms with E-state index in [4.69, 9.17) is 4.42 Å². The number of carbonyl (C=O) groups is 1. The molecule has 1 N–H and O–H groups in total. The molecule has 0 radical (unpaired) electrons. The highest BCUT2D eigenvalue weighted by atomic mass is 16.3. The number of furan rings is 1. The first-order chi connectivity index (χ1) is 8.25. The standard InChI is InChI=1S/C11H12N4O2/c1-9-4-5-13-15(9)8-11(16)14-12-7-10-3-2-6-17-10/h2-7H,8H2,1H3,(H,14,16). The van der Waals surface area contributed by atoms with Gasteiger partial charge in [0.2, 0.25) is 0 Å². The number of hydrazone groups is 1. The van der Waals surface area contributed by atoms with Gasteiger partial charge in [-0.2, -0.15) is 10.2 Å². The van der Waals surface area contributed by atoms with E-state index in [2.05, 4.69) is 15.6 Å². The fraction of sp³-hybridized carbons (Fsp3) is 0.182. The number of rotatable bonds is 4. The quantitative estimate of drug-likeness (QED) is 0.629. The van der Waals surface area contributed by atoms with E-state index in [0.717, 1.165) is 5.69 Å². The van der Waals surface area contributed by atoms with Crippen molar-refractivity contribution in [3.05, 3.63) is 42.1 Å². The number of hydrogen-bond acceptors (Lipinski definition) is 4. The van der Waals surface area contributed by atoms with Gasteiger partial charge >= 0.3 is 0 Å². The van der Waals surface area contributed by atoms with Crippen LogP contribution in [-0.2, 0) is 11.3 Å². The van der Waals surface area contributed by atoms with Crippen molar-refractivity contribution in [2.75, 3.05) is 0 Å². The molecular formula is C11H12N4O2. The van der Waals surface area contributed by atoms with E-state index >= 15 is 0 Å². The second-order valence-electron chi connectivity index (χ2n) is 3.44. The lowest BCUT2D eigenvalue weighted by Gasteiger charge is -2.02. The third-order valence-electron chi connectivity index (χ3n) is 2.15. The maximum absolute atomic E-state index is 11.5. The van der Waals surface area contributed by atoms with E-state index < -0.39 is 0 Å². The Kier molecular flexibility index (Phi) is 3.34. The zero-order valence-electron chi connectivity index (χ0n) is 9.33. The Morgan fingerprint density at radius 1 is 1.65 bits per heavy atom. The van der Waals surface area contributed by atoms with Crippen LogP contribution in [0.25, 0.3) is 0 Å². The molecule has 88 valence electrons.